The van der Waals surface area contributed by atoms with Crippen LogP contribution in [0.2, 0.25) is 0 Å². The number of carbonyl (C=O) groups excluding carboxylic acids is 1. The predicted octanol–water partition coefficient (Wildman–Crippen LogP) is 2.21. The van der Waals surface area contributed by atoms with Crippen LogP contribution in [0.25, 0.3) is 0 Å². The summed E-state index contributed by atoms with van der Waals surface area (Å²) in [5, 5.41) is 0. The molecule has 1 aliphatic rings. The Morgan fingerprint density at radius 1 is 1.32 bits per heavy atom. The predicted molar refractivity (Wildman–Crippen MR) is 77.7 cm³/mol. The van der Waals surface area contributed by atoms with Gasteiger partial charge in [0.1, 0.15) is 0 Å². The van der Waals surface area contributed by atoms with E-state index in [0.29, 0.717) is 24.9 Å². The van der Waals surface area contributed by atoms with Gasteiger partial charge in [0, 0.05) is 19.5 Å². The Bertz CT molecular complexity index is 404. The lowest BCUT2D eigenvalue weighted by Gasteiger charge is -2.29. The number of hydrogen-bond acceptors (Lipinski definition) is 2. The second-order valence-corrected chi connectivity index (χ2v) is 5.48. The number of carbonyl (C=O) groups is 1. The van der Waals surface area contributed by atoms with Crippen LogP contribution in [0.4, 0.5) is 0 Å². The summed E-state index contributed by atoms with van der Waals surface area (Å²) >= 11 is 0. The molecule has 3 heteroatoms. The zero-order valence-electron chi connectivity index (χ0n) is 11.7. The summed E-state index contributed by atoms with van der Waals surface area (Å²) in [5.41, 5.74) is 7.02. The smallest absolute Gasteiger partial charge is 0.222 e. The fraction of sp³-hybridized carbons (Fsp3) is 0.562. The molecule has 1 aromatic rings. The van der Waals surface area contributed by atoms with Crippen molar-refractivity contribution in [3.8, 4) is 0 Å². The highest BCUT2D eigenvalue weighted by Gasteiger charge is 2.31. The Morgan fingerprint density at radius 2 is 2.05 bits per heavy atom. The van der Waals surface area contributed by atoms with Crippen LogP contribution in [-0.2, 0) is 11.2 Å². The van der Waals surface area contributed by atoms with E-state index in [4.69, 9.17) is 5.73 Å². The first-order valence-corrected chi connectivity index (χ1v) is 7.22. The van der Waals surface area contributed by atoms with Crippen molar-refractivity contribution < 1.29 is 4.79 Å². The molecule has 104 valence electrons. The zero-order chi connectivity index (χ0) is 13.7. The highest BCUT2D eigenvalue weighted by Crippen LogP contribution is 2.28. The fourth-order valence-electron chi connectivity index (χ4n) is 3.06. The van der Waals surface area contributed by atoms with E-state index in [1.807, 2.05) is 30.1 Å². The molecule has 1 fully saturated rings. The van der Waals surface area contributed by atoms with Crippen LogP contribution in [0.3, 0.4) is 0 Å². The number of hydrogen-bond donors (Lipinski definition) is 1. The molecule has 2 rings (SSSR count). The second kappa shape index (κ2) is 6.71. The molecule has 1 amide bonds. The molecule has 1 saturated carbocycles. The lowest BCUT2D eigenvalue weighted by Crippen LogP contribution is -2.41. The molecular weight excluding hydrogens is 236 g/mol. The van der Waals surface area contributed by atoms with Crippen molar-refractivity contribution in [2.45, 2.75) is 38.1 Å². The molecule has 19 heavy (non-hydrogen) atoms. The Morgan fingerprint density at radius 3 is 2.74 bits per heavy atom. The van der Waals surface area contributed by atoms with Gasteiger partial charge in [-0.1, -0.05) is 36.8 Å². The summed E-state index contributed by atoms with van der Waals surface area (Å²) in [4.78, 5) is 14.2. The quantitative estimate of drug-likeness (QED) is 0.882. The van der Waals surface area contributed by atoms with Gasteiger partial charge in [0.05, 0.1) is 0 Å². The van der Waals surface area contributed by atoms with E-state index >= 15 is 0 Å². The summed E-state index contributed by atoms with van der Waals surface area (Å²) in [7, 11) is 1.94. The van der Waals surface area contributed by atoms with Crippen LogP contribution >= 0.6 is 0 Å². The number of aryl methyl sites for hydroxylation is 1. The number of nitrogens with zero attached hydrogens (tertiary/aromatic N) is 1. The summed E-state index contributed by atoms with van der Waals surface area (Å²) in [6.45, 7) is 0.695. The minimum Gasteiger partial charge on any atom is -0.342 e. The second-order valence-electron chi connectivity index (χ2n) is 5.48. The average Bonchev–Trinajstić information content (AvgIpc) is 2.93. The number of nitrogens with two attached hydrogens (primary N) is 1. The van der Waals surface area contributed by atoms with Crippen LogP contribution in [0, 0.1) is 5.92 Å². The first kappa shape index (κ1) is 14.1. The summed E-state index contributed by atoms with van der Waals surface area (Å²) < 4.78 is 0. The molecule has 0 aliphatic heterocycles. The van der Waals surface area contributed by atoms with E-state index < -0.39 is 0 Å². The van der Waals surface area contributed by atoms with Gasteiger partial charge in [-0.3, -0.25) is 4.79 Å². The Balaban J connectivity index is 1.85. The third-order valence-electron chi connectivity index (χ3n) is 4.28. The number of rotatable bonds is 5. The fourth-order valence-corrected chi connectivity index (χ4v) is 3.06. The largest absolute Gasteiger partial charge is 0.342 e. The van der Waals surface area contributed by atoms with E-state index in [2.05, 4.69) is 12.1 Å². The first-order chi connectivity index (χ1) is 9.22. The lowest BCUT2D eigenvalue weighted by molar-refractivity contribution is -0.132. The van der Waals surface area contributed by atoms with Crippen molar-refractivity contribution >= 4 is 5.91 Å². The van der Waals surface area contributed by atoms with Gasteiger partial charge in [-0.25, -0.2) is 0 Å². The SMILES string of the molecule is CN(C(=O)CCc1ccccc1)C1CCCC1CN. The number of amides is 1. The van der Waals surface area contributed by atoms with Gasteiger partial charge < -0.3 is 10.6 Å². The average molecular weight is 260 g/mol. The summed E-state index contributed by atoms with van der Waals surface area (Å²) in [6.07, 6.45) is 4.88. The maximum atomic E-state index is 12.2. The van der Waals surface area contributed by atoms with E-state index in [-0.39, 0.29) is 5.91 Å². The standard InChI is InChI=1S/C16H24N2O/c1-18(15-9-5-8-14(15)12-17)16(19)11-10-13-6-3-2-4-7-13/h2-4,6-7,14-15H,5,8-12,17H2,1H3. The van der Waals surface area contributed by atoms with Crippen LogP contribution in [0.5, 0.6) is 0 Å². The van der Waals surface area contributed by atoms with Gasteiger partial charge in [-0.2, -0.15) is 0 Å². The van der Waals surface area contributed by atoms with Crippen molar-refractivity contribution in [3.05, 3.63) is 35.9 Å². The molecule has 2 unspecified atom stereocenters. The molecule has 1 aromatic carbocycles. The molecule has 1 aliphatic carbocycles. The minimum atomic E-state index is 0.245. The van der Waals surface area contributed by atoms with Crippen molar-refractivity contribution in [2.75, 3.05) is 13.6 Å². The molecular formula is C16H24N2O. The van der Waals surface area contributed by atoms with Gasteiger partial charge in [0.25, 0.3) is 0 Å². The first-order valence-electron chi connectivity index (χ1n) is 7.22. The molecule has 2 atom stereocenters. The Labute approximate surface area is 115 Å². The van der Waals surface area contributed by atoms with Gasteiger partial charge in [-0.05, 0) is 37.3 Å². The maximum Gasteiger partial charge on any atom is 0.222 e. The topological polar surface area (TPSA) is 46.3 Å². The molecule has 3 nitrogen and oxygen atoms in total. The van der Waals surface area contributed by atoms with Gasteiger partial charge in [0.15, 0.2) is 0 Å². The summed E-state index contributed by atoms with van der Waals surface area (Å²) in [5.74, 6) is 0.736. The molecule has 0 saturated heterocycles. The third-order valence-corrected chi connectivity index (χ3v) is 4.28. The minimum absolute atomic E-state index is 0.245. The lowest BCUT2D eigenvalue weighted by atomic mass is 10.0. The molecule has 2 N–H and O–H groups in total. The summed E-state index contributed by atoms with van der Waals surface area (Å²) in [6, 6.07) is 10.5. The molecule has 0 spiro atoms. The Hall–Kier alpha value is -1.35. The molecule has 0 radical (unpaired) electrons. The Kier molecular flexibility index (Phi) is 4.97. The zero-order valence-corrected chi connectivity index (χ0v) is 11.7. The van der Waals surface area contributed by atoms with Gasteiger partial charge in [-0.15, -0.1) is 0 Å². The van der Waals surface area contributed by atoms with E-state index in [1.54, 1.807) is 0 Å². The van der Waals surface area contributed by atoms with Gasteiger partial charge in [0.2, 0.25) is 5.91 Å². The van der Waals surface area contributed by atoms with E-state index in [9.17, 15) is 4.79 Å². The van der Waals surface area contributed by atoms with Crippen LogP contribution in [0.1, 0.15) is 31.2 Å². The normalized spacial score (nSPS) is 22.4. The number of benzene rings is 1. The monoisotopic (exact) mass is 260 g/mol. The third kappa shape index (κ3) is 3.57. The van der Waals surface area contributed by atoms with Crippen molar-refractivity contribution in [3.63, 3.8) is 0 Å². The van der Waals surface area contributed by atoms with E-state index in [0.717, 1.165) is 19.3 Å². The highest BCUT2D eigenvalue weighted by molar-refractivity contribution is 5.76. The van der Waals surface area contributed by atoms with Gasteiger partial charge >= 0.3 is 0 Å². The van der Waals surface area contributed by atoms with Crippen LogP contribution in [0.15, 0.2) is 30.3 Å². The van der Waals surface area contributed by atoms with Crippen molar-refractivity contribution in [2.24, 2.45) is 11.7 Å². The highest BCUT2D eigenvalue weighted by atomic mass is 16.2. The molecule has 0 bridgehead atoms. The molecule has 0 heterocycles. The van der Waals surface area contributed by atoms with Crippen LogP contribution < -0.4 is 5.73 Å². The van der Waals surface area contributed by atoms with Crippen molar-refractivity contribution in [1.29, 1.82) is 0 Å². The van der Waals surface area contributed by atoms with Crippen molar-refractivity contribution in [1.82, 2.24) is 4.90 Å². The maximum absolute atomic E-state index is 12.2. The van der Waals surface area contributed by atoms with E-state index in [1.165, 1.54) is 12.0 Å². The molecule has 0 aromatic heterocycles. The van der Waals surface area contributed by atoms with Crippen LogP contribution in [-0.4, -0.2) is 30.4 Å².